The first-order valence-electron chi connectivity index (χ1n) is 5.78. The number of thioether (sulfide) groups is 1. The van der Waals surface area contributed by atoms with Crippen molar-refractivity contribution in [3.05, 3.63) is 54.1 Å². The van der Waals surface area contributed by atoms with Gasteiger partial charge in [-0.3, -0.25) is 4.79 Å². The van der Waals surface area contributed by atoms with Crippen molar-refractivity contribution in [1.29, 1.82) is 0 Å². The quantitative estimate of drug-likeness (QED) is 0.672. The lowest BCUT2D eigenvalue weighted by atomic mass is 10.3. The van der Waals surface area contributed by atoms with Crippen molar-refractivity contribution in [2.24, 2.45) is 0 Å². The van der Waals surface area contributed by atoms with Crippen molar-refractivity contribution in [3.8, 4) is 0 Å². The molecule has 0 bridgehead atoms. The fraction of sp³-hybridized carbons (Fsp3) is 0.0714. The van der Waals surface area contributed by atoms with E-state index < -0.39 is 17.5 Å². The molecule has 0 radical (unpaired) electrons. The highest BCUT2D eigenvalue weighted by Gasteiger charge is 2.09. The number of nitrogens with two attached hydrogens (primary N) is 1. The number of amides is 1. The predicted octanol–water partition coefficient (Wildman–Crippen LogP) is 3.28. The number of para-hydroxylation sites is 1. The highest BCUT2D eigenvalue weighted by molar-refractivity contribution is 8.00. The number of benzene rings is 2. The molecule has 0 aliphatic rings. The Hall–Kier alpha value is -2.08. The summed E-state index contributed by atoms with van der Waals surface area (Å²) in [6, 6.07) is 10.1. The van der Waals surface area contributed by atoms with Crippen molar-refractivity contribution in [3.63, 3.8) is 0 Å². The minimum absolute atomic E-state index is 0.0187. The fourth-order valence-corrected chi connectivity index (χ4v) is 2.25. The van der Waals surface area contributed by atoms with Crippen LogP contribution in [0.15, 0.2) is 47.4 Å². The third-order valence-electron chi connectivity index (χ3n) is 2.46. The molecule has 3 N–H and O–H groups in total. The zero-order valence-electron chi connectivity index (χ0n) is 10.4. The second kappa shape index (κ2) is 6.38. The number of carbonyl (C=O) groups is 1. The molecule has 0 aromatic heterocycles. The van der Waals surface area contributed by atoms with Crippen molar-refractivity contribution < 1.29 is 13.6 Å². The molecule has 104 valence electrons. The molecular formula is C14H12F2N2OS. The molecule has 1 amide bonds. The minimum Gasteiger partial charge on any atom is -0.399 e. The molecule has 3 nitrogen and oxygen atoms in total. The molecule has 0 aliphatic heterocycles. The molecule has 0 aliphatic carbocycles. The van der Waals surface area contributed by atoms with E-state index in [1.165, 1.54) is 30.3 Å². The van der Waals surface area contributed by atoms with E-state index in [0.717, 1.165) is 11.8 Å². The normalized spacial score (nSPS) is 10.3. The Bertz CT molecular complexity index is 634. The molecular weight excluding hydrogens is 282 g/mol. The Balaban J connectivity index is 1.94. The van der Waals surface area contributed by atoms with Crippen LogP contribution in [0.1, 0.15) is 0 Å². The monoisotopic (exact) mass is 294 g/mol. The number of hydrogen-bond acceptors (Lipinski definition) is 3. The van der Waals surface area contributed by atoms with E-state index in [2.05, 4.69) is 5.32 Å². The van der Waals surface area contributed by atoms with Crippen LogP contribution in [0.4, 0.5) is 20.2 Å². The first-order chi connectivity index (χ1) is 9.56. The molecule has 0 spiro atoms. The van der Waals surface area contributed by atoms with Gasteiger partial charge in [-0.1, -0.05) is 12.1 Å². The molecule has 2 rings (SSSR count). The highest BCUT2D eigenvalue weighted by Crippen LogP contribution is 2.23. The molecule has 0 atom stereocenters. The summed E-state index contributed by atoms with van der Waals surface area (Å²) in [5.74, 6) is -1.41. The van der Waals surface area contributed by atoms with Crippen LogP contribution in [0.2, 0.25) is 0 Å². The molecule has 6 heteroatoms. The van der Waals surface area contributed by atoms with E-state index in [9.17, 15) is 13.6 Å². The molecule has 2 aromatic rings. The summed E-state index contributed by atoms with van der Waals surface area (Å²) in [4.78, 5) is 12.0. The Morgan fingerprint density at radius 2 is 1.90 bits per heavy atom. The average Bonchev–Trinajstić information content (AvgIpc) is 2.40. The van der Waals surface area contributed by atoms with E-state index in [0.29, 0.717) is 10.6 Å². The molecule has 0 saturated heterocycles. The zero-order chi connectivity index (χ0) is 14.5. The van der Waals surface area contributed by atoms with Crippen LogP contribution in [0.25, 0.3) is 0 Å². The predicted molar refractivity (Wildman–Crippen MR) is 76.6 cm³/mol. The van der Waals surface area contributed by atoms with E-state index in [1.807, 2.05) is 0 Å². The number of carbonyl (C=O) groups excluding carboxylic acids is 1. The second-order valence-electron chi connectivity index (χ2n) is 4.01. The van der Waals surface area contributed by atoms with Crippen LogP contribution in [0.3, 0.4) is 0 Å². The summed E-state index contributed by atoms with van der Waals surface area (Å²) in [6.45, 7) is 0. The minimum atomic E-state index is -0.510. The van der Waals surface area contributed by atoms with Gasteiger partial charge in [0.15, 0.2) is 0 Å². The molecule has 0 fully saturated rings. The highest BCUT2D eigenvalue weighted by atomic mass is 32.2. The Morgan fingerprint density at radius 1 is 1.15 bits per heavy atom. The third kappa shape index (κ3) is 3.71. The molecule has 0 saturated carbocycles. The molecule has 2 aromatic carbocycles. The van der Waals surface area contributed by atoms with Crippen LogP contribution in [0, 0.1) is 11.6 Å². The maximum Gasteiger partial charge on any atom is 0.234 e. The van der Waals surface area contributed by atoms with Gasteiger partial charge in [-0.05, 0) is 30.3 Å². The van der Waals surface area contributed by atoms with Crippen molar-refractivity contribution in [2.75, 3.05) is 16.8 Å². The van der Waals surface area contributed by atoms with Gasteiger partial charge in [0.05, 0.1) is 11.4 Å². The van der Waals surface area contributed by atoms with Gasteiger partial charge in [0, 0.05) is 10.6 Å². The summed E-state index contributed by atoms with van der Waals surface area (Å²) in [7, 11) is 0. The third-order valence-corrected chi connectivity index (χ3v) is 3.51. The summed E-state index contributed by atoms with van der Waals surface area (Å²) in [5, 5.41) is 2.43. The van der Waals surface area contributed by atoms with Crippen LogP contribution in [-0.2, 0) is 4.79 Å². The summed E-state index contributed by atoms with van der Waals surface area (Å²) in [6.07, 6.45) is 0. The fourth-order valence-electron chi connectivity index (χ4n) is 1.53. The molecule has 0 heterocycles. The Labute approximate surface area is 119 Å². The number of halogens is 2. The molecule has 0 unspecified atom stereocenters. The number of nitrogen functional groups attached to an aromatic ring is 1. The summed E-state index contributed by atoms with van der Waals surface area (Å²) < 4.78 is 26.8. The maximum absolute atomic E-state index is 13.5. The van der Waals surface area contributed by atoms with Crippen molar-refractivity contribution in [1.82, 2.24) is 0 Å². The van der Waals surface area contributed by atoms with Crippen molar-refractivity contribution in [2.45, 2.75) is 4.90 Å². The number of nitrogens with one attached hydrogen (secondary N) is 1. The lowest BCUT2D eigenvalue weighted by Crippen LogP contribution is -2.15. The first kappa shape index (κ1) is 14.3. The van der Waals surface area contributed by atoms with Crippen LogP contribution in [-0.4, -0.2) is 11.7 Å². The Morgan fingerprint density at radius 3 is 2.60 bits per heavy atom. The SMILES string of the molecule is Nc1ccc(SCC(=O)Nc2ccccc2F)c(F)c1. The first-order valence-corrected chi connectivity index (χ1v) is 6.77. The number of hydrogen-bond donors (Lipinski definition) is 2. The van der Waals surface area contributed by atoms with Gasteiger partial charge in [-0.25, -0.2) is 8.78 Å². The lowest BCUT2D eigenvalue weighted by molar-refractivity contribution is -0.113. The average molecular weight is 294 g/mol. The van der Waals surface area contributed by atoms with Gasteiger partial charge >= 0.3 is 0 Å². The standard InChI is InChI=1S/C14H12F2N2OS/c15-10-3-1-2-4-12(10)18-14(19)8-20-13-6-5-9(17)7-11(13)16/h1-7H,8,17H2,(H,18,19). The van der Waals surface area contributed by atoms with Crippen LogP contribution < -0.4 is 11.1 Å². The van der Waals surface area contributed by atoms with Gasteiger partial charge in [0.2, 0.25) is 5.91 Å². The lowest BCUT2D eigenvalue weighted by Gasteiger charge is -2.07. The van der Waals surface area contributed by atoms with E-state index in [4.69, 9.17) is 5.73 Å². The number of anilines is 2. The van der Waals surface area contributed by atoms with E-state index in [-0.39, 0.29) is 11.4 Å². The maximum atomic E-state index is 13.5. The number of rotatable bonds is 4. The van der Waals surface area contributed by atoms with Gasteiger partial charge < -0.3 is 11.1 Å². The van der Waals surface area contributed by atoms with Gasteiger partial charge in [-0.15, -0.1) is 11.8 Å². The summed E-state index contributed by atoms with van der Waals surface area (Å²) in [5.41, 5.74) is 5.86. The zero-order valence-corrected chi connectivity index (χ0v) is 11.2. The van der Waals surface area contributed by atoms with E-state index in [1.54, 1.807) is 12.1 Å². The van der Waals surface area contributed by atoms with E-state index >= 15 is 0 Å². The van der Waals surface area contributed by atoms with Gasteiger partial charge in [-0.2, -0.15) is 0 Å². The topological polar surface area (TPSA) is 55.1 Å². The second-order valence-corrected chi connectivity index (χ2v) is 5.02. The largest absolute Gasteiger partial charge is 0.399 e. The van der Waals surface area contributed by atoms with Crippen LogP contribution >= 0.6 is 11.8 Å². The van der Waals surface area contributed by atoms with Crippen LogP contribution in [0.5, 0.6) is 0 Å². The molecule has 20 heavy (non-hydrogen) atoms. The van der Waals surface area contributed by atoms with Crippen molar-refractivity contribution >= 4 is 29.0 Å². The van der Waals surface area contributed by atoms with Gasteiger partial charge in [0.25, 0.3) is 0 Å². The Kier molecular flexibility index (Phi) is 4.57. The van der Waals surface area contributed by atoms with Gasteiger partial charge in [0.1, 0.15) is 11.6 Å². The summed E-state index contributed by atoms with van der Waals surface area (Å²) >= 11 is 1.02. The smallest absolute Gasteiger partial charge is 0.234 e.